The van der Waals surface area contributed by atoms with Crippen LogP contribution in [0.2, 0.25) is 0 Å². The molecule has 1 aromatic heterocycles. The summed E-state index contributed by atoms with van der Waals surface area (Å²) >= 11 is 1.68. The van der Waals surface area contributed by atoms with Crippen LogP contribution in [0, 0.1) is 0 Å². The van der Waals surface area contributed by atoms with Crippen LogP contribution in [-0.4, -0.2) is 28.9 Å². The zero-order valence-electron chi connectivity index (χ0n) is 10.6. The Morgan fingerprint density at radius 1 is 1.47 bits per heavy atom. The van der Waals surface area contributed by atoms with Gasteiger partial charge in [-0.1, -0.05) is 13.8 Å². The summed E-state index contributed by atoms with van der Waals surface area (Å²) in [4.78, 5) is 18.4. The highest BCUT2D eigenvalue weighted by Crippen LogP contribution is 2.19. The molecule has 1 aromatic rings. The van der Waals surface area contributed by atoms with E-state index in [0.717, 1.165) is 30.2 Å². The third kappa shape index (κ3) is 3.28. The van der Waals surface area contributed by atoms with Crippen LogP contribution in [0.15, 0.2) is 5.38 Å². The minimum atomic E-state index is 0.295. The summed E-state index contributed by atoms with van der Waals surface area (Å²) in [5.41, 5.74) is 1.15. The van der Waals surface area contributed by atoms with E-state index in [9.17, 15) is 4.79 Å². The van der Waals surface area contributed by atoms with Gasteiger partial charge in [0.2, 0.25) is 5.91 Å². The summed E-state index contributed by atoms with van der Waals surface area (Å²) < 4.78 is 0. The number of hydrogen-bond donors (Lipinski definition) is 0. The largest absolute Gasteiger partial charge is 0.343 e. The molecule has 0 aliphatic carbocycles. The number of rotatable bonds is 4. The molecule has 0 radical (unpaired) electrons. The Kier molecular flexibility index (Phi) is 4.15. The van der Waals surface area contributed by atoms with E-state index in [1.165, 1.54) is 12.8 Å². The Labute approximate surface area is 107 Å². The van der Waals surface area contributed by atoms with Crippen molar-refractivity contribution in [2.45, 2.75) is 45.4 Å². The quantitative estimate of drug-likeness (QED) is 0.825. The van der Waals surface area contributed by atoms with Gasteiger partial charge in [-0.3, -0.25) is 4.79 Å². The average molecular weight is 252 g/mol. The Morgan fingerprint density at radius 2 is 2.18 bits per heavy atom. The third-order valence-electron chi connectivity index (χ3n) is 3.17. The number of amides is 1. The molecule has 0 bridgehead atoms. The molecule has 0 spiro atoms. The first-order valence-corrected chi connectivity index (χ1v) is 7.27. The van der Waals surface area contributed by atoms with Gasteiger partial charge in [-0.15, -0.1) is 11.3 Å². The maximum atomic E-state index is 11.9. The molecule has 1 saturated heterocycles. The van der Waals surface area contributed by atoms with Crippen molar-refractivity contribution in [1.29, 1.82) is 0 Å². The van der Waals surface area contributed by atoms with Gasteiger partial charge in [0.15, 0.2) is 0 Å². The monoisotopic (exact) mass is 252 g/mol. The minimum Gasteiger partial charge on any atom is -0.343 e. The van der Waals surface area contributed by atoms with Crippen molar-refractivity contribution in [3.05, 3.63) is 16.1 Å². The fraction of sp³-hybridized carbons (Fsp3) is 0.692. The first kappa shape index (κ1) is 12.6. The molecule has 2 heterocycles. The zero-order chi connectivity index (χ0) is 12.3. The van der Waals surface area contributed by atoms with Gasteiger partial charge >= 0.3 is 0 Å². The van der Waals surface area contributed by atoms with Crippen LogP contribution in [-0.2, 0) is 11.2 Å². The van der Waals surface area contributed by atoms with Crippen LogP contribution in [0.5, 0.6) is 0 Å². The SMILES string of the molecule is CC(C)c1csc(CCC(=O)N2CCCC2)n1. The fourth-order valence-electron chi connectivity index (χ4n) is 2.04. The normalized spacial score (nSPS) is 15.8. The molecule has 0 aromatic carbocycles. The van der Waals surface area contributed by atoms with Crippen molar-refractivity contribution >= 4 is 17.2 Å². The molecule has 17 heavy (non-hydrogen) atoms. The highest BCUT2D eigenvalue weighted by Gasteiger charge is 2.17. The highest BCUT2D eigenvalue weighted by atomic mass is 32.1. The van der Waals surface area contributed by atoms with Crippen molar-refractivity contribution in [3.8, 4) is 0 Å². The van der Waals surface area contributed by atoms with Crippen LogP contribution in [0.3, 0.4) is 0 Å². The molecule has 1 aliphatic rings. The molecular weight excluding hydrogens is 232 g/mol. The molecule has 0 atom stereocenters. The van der Waals surface area contributed by atoms with E-state index in [4.69, 9.17) is 0 Å². The Morgan fingerprint density at radius 3 is 2.76 bits per heavy atom. The maximum Gasteiger partial charge on any atom is 0.222 e. The van der Waals surface area contributed by atoms with Gasteiger partial charge in [0.05, 0.1) is 10.7 Å². The van der Waals surface area contributed by atoms with Gasteiger partial charge < -0.3 is 4.90 Å². The van der Waals surface area contributed by atoms with Gasteiger partial charge in [-0.2, -0.15) is 0 Å². The number of carbonyl (C=O) groups excluding carboxylic acids is 1. The standard InChI is InChI=1S/C13H20N2OS/c1-10(2)11-9-17-12(14-11)5-6-13(16)15-7-3-4-8-15/h9-10H,3-8H2,1-2H3. The van der Waals surface area contributed by atoms with Crippen LogP contribution >= 0.6 is 11.3 Å². The molecule has 3 nitrogen and oxygen atoms in total. The first-order chi connectivity index (χ1) is 8.16. The maximum absolute atomic E-state index is 11.9. The number of thiazole rings is 1. The topological polar surface area (TPSA) is 33.2 Å². The van der Waals surface area contributed by atoms with Crippen molar-refractivity contribution < 1.29 is 4.79 Å². The van der Waals surface area contributed by atoms with Crippen LogP contribution < -0.4 is 0 Å². The second-order valence-corrected chi connectivity index (χ2v) is 5.85. The number of hydrogen-bond acceptors (Lipinski definition) is 3. The number of aromatic nitrogens is 1. The van der Waals surface area contributed by atoms with E-state index >= 15 is 0 Å². The van der Waals surface area contributed by atoms with E-state index in [2.05, 4.69) is 24.2 Å². The molecule has 2 rings (SSSR count). The van der Waals surface area contributed by atoms with E-state index in [1.54, 1.807) is 11.3 Å². The predicted octanol–water partition coefficient (Wildman–Crippen LogP) is 2.82. The number of nitrogens with zero attached hydrogens (tertiary/aromatic N) is 2. The molecule has 94 valence electrons. The van der Waals surface area contributed by atoms with Gasteiger partial charge in [0.25, 0.3) is 0 Å². The van der Waals surface area contributed by atoms with Crippen LogP contribution in [0.1, 0.15) is 49.7 Å². The zero-order valence-corrected chi connectivity index (χ0v) is 11.4. The molecule has 0 N–H and O–H groups in total. The highest BCUT2D eigenvalue weighted by molar-refractivity contribution is 7.09. The predicted molar refractivity (Wildman–Crippen MR) is 70.3 cm³/mol. The van der Waals surface area contributed by atoms with E-state index in [1.807, 2.05) is 4.90 Å². The lowest BCUT2D eigenvalue weighted by molar-refractivity contribution is -0.130. The summed E-state index contributed by atoms with van der Waals surface area (Å²) in [5, 5.41) is 3.21. The third-order valence-corrected chi connectivity index (χ3v) is 4.10. The molecule has 4 heteroatoms. The molecule has 1 aliphatic heterocycles. The van der Waals surface area contributed by atoms with Gasteiger partial charge in [-0.25, -0.2) is 4.98 Å². The van der Waals surface area contributed by atoms with Crippen molar-refractivity contribution in [2.75, 3.05) is 13.1 Å². The lowest BCUT2D eigenvalue weighted by Gasteiger charge is -2.14. The second-order valence-electron chi connectivity index (χ2n) is 4.91. The Balaban J connectivity index is 1.82. The Bertz CT molecular complexity index is 381. The van der Waals surface area contributed by atoms with E-state index in [0.29, 0.717) is 18.2 Å². The Hall–Kier alpha value is -0.900. The molecular formula is C13H20N2OS. The van der Waals surface area contributed by atoms with E-state index < -0.39 is 0 Å². The molecule has 0 unspecified atom stereocenters. The van der Waals surface area contributed by atoms with Crippen molar-refractivity contribution in [1.82, 2.24) is 9.88 Å². The number of carbonyl (C=O) groups is 1. The van der Waals surface area contributed by atoms with Crippen molar-refractivity contribution in [3.63, 3.8) is 0 Å². The first-order valence-electron chi connectivity index (χ1n) is 6.39. The average Bonchev–Trinajstić information content (AvgIpc) is 2.97. The summed E-state index contributed by atoms with van der Waals surface area (Å²) in [5.74, 6) is 0.776. The minimum absolute atomic E-state index is 0.295. The fourth-order valence-corrected chi connectivity index (χ4v) is 3.00. The summed E-state index contributed by atoms with van der Waals surface area (Å²) in [6.45, 7) is 6.20. The van der Waals surface area contributed by atoms with Crippen LogP contribution in [0.25, 0.3) is 0 Å². The molecule has 1 fully saturated rings. The van der Waals surface area contributed by atoms with Crippen molar-refractivity contribution in [2.24, 2.45) is 0 Å². The number of aryl methyl sites for hydroxylation is 1. The van der Waals surface area contributed by atoms with Crippen LogP contribution in [0.4, 0.5) is 0 Å². The smallest absolute Gasteiger partial charge is 0.222 e. The van der Waals surface area contributed by atoms with Gasteiger partial charge in [0.1, 0.15) is 0 Å². The lowest BCUT2D eigenvalue weighted by atomic mass is 10.2. The molecule has 0 saturated carbocycles. The van der Waals surface area contributed by atoms with Gasteiger partial charge in [0, 0.05) is 31.3 Å². The molecule has 1 amide bonds. The second kappa shape index (κ2) is 5.63. The van der Waals surface area contributed by atoms with Gasteiger partial charge in [-0.05, 0) is 18.8 Å². The summed E-state index contributed by atoms with van der Waals surface area (Å²) in [6.07, 6.45) is 3.75. The van der Waals surface area contributed by atoms with E-state index in [-0.39, 0.29) is 0 Å². The lowest BCUT2D eigenvalue weighted by Crippen LogP contribution is -2.27. The summed E-state index contributed by atoms with van der Waals surface area (Å²) in [7, 11) is 0. The number of likely N-dealkylation sites (tertiary alicyclic amines) is 1. The summed E-state index contributed by atoms with van der Waals surface area (Å²) in [6, 6.07) is 0.